The van der Waals surface area contributed by atoms with Gasteiger partial charge in [-0.05, 0) is 12.1 Å². The Hall–Kier alpha value is -2.90. The van der Waals surface area contributed by atoms with Crippen molar-refractivity contribution in [2.45, 2.75) is 0 Å². The largest absolute Gasteiger partial charge is 0.396 e. The number of pyridine rings is 1. The van der Waals surface area contributed by atoms with Gasteiger partial charge in [0.2, 0.25) is 5.91 Å². The van der Waals surface area contributed by atoms with Gasteiger partial charge >= 0.3 is 0 Å². The maximum atomic E-state index is 11.0. The van der Waals surface area contributed by atoms with Crippen molar-refractivity contribution >= 4 is 17.5 Å². The van der Waals surface area contributed by atoms with Crippen LogP contribution in [0, 0.1) is 0 Å². The van der Waals surface area contributed by atoms with Crippen molar-refractivity contribution in [1.82, 2.24) is 14.8 Å². The van der Waals surface area contributed by atoms with Crippen molar-refractivity contribution < 1.29 is 9.59 Å². The third kappa shape index (κ3) is 1.98. The lowest BCUT2D eigenvalue weighted by Gasteiger charge is -2.01. The fourth-order valence-corrected chi connectivity index (χ4v) is 1.39. The second kappa shape index (κ2) is 4.17. The molecule has 18 heavy (non-hydrogen) atoms. The summed E-state index contributed by atoms with van der Waals surface area (Å²) < 4.78 is 1.25. The topological polar surface area (TPSA) is 143 Å². The van der Waals surface area contributed by atoms with E-state index >= 15 is 0 Å². The van der Waals surface area contributed by atoms with Crippen LogP contribution in [-0.2, 0) is 0 Å². The molecule has 8 nitrogen and oxygen atoms in total. The van der Waals surface area contributed by atoms with Gasteiger partial charge in [0.1, 0.15) is 0 Å². The molecule has 0 aliphatic rings. The molecule has 0 radical (unpaired) electrons. The second-order valence-corrected chi connectivity index (χ2v) is 3.51. The highest BCUT2D eigenvalue weighted by atomic mass is 16.1. The molecule has 2 rings (SSSR count). The zero-order chi connectivity index (χ0) is 13.3. The van der Waals surface area contributed by atoms with Crippen LogP contribution in [0.1, 0.15) is 20.8 Å². The smallest absolute Gasteiger partial charge is 0.271 e. The van der Waals surface area contributed by atoms with Gasteiger partial charge in [0.25, 0.3) is 5.91 Å². The average molecular weight is 246 g/mol. The van der Waals surface area contributed by atoms with E-state index in [2.05, 4.69) is 10.1 Å². The molecule has 0 saturated carbocycles. The van der Waals surface area contributed by atoms with E-state index in [0.29, 0.717) is 5.82 Å². The molecule has 0 saturated heterocycles. The van der Waals surface area contributed by atoms with Crippen molar-refractivity contribution in [3.05, 3.63) is 35.8 Å². The SMILES string of the molecule is NC(=O)c1ccnc(-n2cc(N)c(C(N)=O)n2)c1. The minimum atomic E-state index is -0.739. The number of hydrogen-bond donors (Lipinski definition) is 3. The van der Waals surface area contributed by atoms with Gasteiger partial charge in [-0.25, -0.2) is 9.67 Å². The van der Waals surface area contributed by atoms with Crippen molar-refractivity contribution in [3.63, 3.8) is 0 Å². The summed E-state index contributed by atoms with van der Waals surface area (Å²) in [6.45, 7) is 0. The first-order chi connectivity index (χ1) is 8.49. The third-order valence-corrected chi connectivity index (χ3v) is 2.24. The molecule has 2 aromatic heterocycles. The van der Waals surface area contributed by atoms with Gasteiger partial charge in [-0.2, -0.15) is 5.10 Å². The van der Waals surface area contributed by atoms with Crippen molar-refractivity contribution in [2.24, 2.45) is 11.5 Å². The zero-order valence-corrected chi connectivity index (χ0v) is 9.20. The van der Waals surface area contributed by atoms with Gasteiger partial charge in [-0.1, -0.05) is 0 Å². The predicted molar refractivity (Wildman–Crippen MR) is 62.8 cm³/mol. The maximum Gasteiger partial charge on any atom is 0.271 e. The maximum absolute atomic E-state index is 11.0. The second-order valence-electron chi connectivity index (χ2n) is 3.51. The molecule has 6 N–H and O–H groups in total. The van der Waals surface area contributed by atoms with E-state index in [1.165, 1.54) is 29.2 Å². The normalized spacial score (nSPS) is 10.2. The van der Waals surface area contributed by atoms with Gasteiger partial charge in [0.15, 0.2) is 11.5 Å². The number of nitrogen functional groups attached to an aromatic ring is 1. The molecule has 8 heteroatoms. The summed E-state index contributed by atoms with van der Waals surface area (Å²) in [5.74, 6) is -1.02. The monoisotopic (exact) mass is 246 g/mol. The van der Waals surface area contributed by atoms with Crippen LogP contribution in [-0.4, -0.2) is 26.6 Å². The molecule has 92 valence electrons. The molecule has 0 bridgehead atoms. The Balaban J connectivity index is 2.49. The number of aromatic nitrogens is 3. The highest BCUT2D eigenvalue weighted by molar-refractivity contribution is 5.96. The third-order valence-electron chi connectivity index (χ3n) is 2.24. The van der Waals surface area contributed by atoms with Gasteiger partial charge in [-0.3, -0.25) is 9.59 Å². The van der Waals surface area contributed by atoms with Crippen LogP contribution < -0.4 is 17.2 Å². The predicted octanol–water partition coefficient (Wildman–Crippen LogP) is -0.953. The number of amides is 2. The van der Waals surface area contributed by atoms with E-state index in [-0.39, 0.29) is 16.9 Å². The van der Waals surface area contributed by atoms with Crippen LogP contribution in [0.25, 0.3) is 5.82 Å². The van der Waals surface area contributed by atoms with E-state index < -0.39 is 11.8 Å². The lowest BCUT2D eigenvalue weighted by molar-refractivity contribution is 0.0989. The van der Waals surface area contributed by atoms with Gasteiger partial charge in [0.05, 0.1) is 11.9 Å². The Bertz CT molecular complexity index is 633. The molecule has 0 spiro atoms. The molecular formula is C10H10N6O2. The van der Waals surface area contributed by atoms with Gasteiger partial charge < -0.3 is 17.2 Å². The number of carbonyl (C=O) groups is 2. The van der Waals surface area contributed by atoms with E-state index in [1.54, 1.807) is 0 Å². The molecule has 0 fully saturated rings. The molecule has 0 atom stereocenters. The molecule has 0 aromatic carbocycles. The number of primary amides is 2. The van der Waals surface area contributed by atoms with E-state index in [9.17, 15) is 9.59 Å². The molecule has 0 unspecified atom stereocenters. The average Bonchev–Trinajstić information content (AvgIpc) is 2.71. The van der Waals surface area contributed by atoms with Crippen LogP contribution in [0.4, 0.5) is 5.69 Å². The van der Waals surface area contributed by atoms with Crippen molar-refractivity contribution in [3.8, 4) is 5.82 Å². The van der Waals surface area contributed by atoms with Gasteiger partial charge in [-0.15, -0.1) is 0 Å². The number of hydrogen-bond acceptors (Lipinski definition) is 5. The van der Waals surface area contributed by atoms with Crippen LogP contribution in [0.5, 0.6) is 0 Å². The van der Waals surface area contributed by atoms with E-state index in [1.807, 2.05) is 0 Å². The Morgan fingerprint density at radius 1 is 1.22 bits per heavy atom. The Kier molecular flexibility index (Phi) is 2.68. The molecule has 0 aliphatic carbocycles. The standard InChI is InChI=1S/C10H10N6O2/c11-6-4-16(15-8(6)10(13)18)7-3-5(9(12)17)1-2-14-7/h1-4H,11H2,(H2,12,17)(H2,13,18). The lowest BCUT2D eigenvalue weighted by Crippen LogP contribution is -2.14. The molecule has 2 amide bonds. The fraction of sp³-hybridized carbons (Fsp3) is 0. The fourth-order valence-electron chi connectivity index (χ4n) is 1.39. The highest BCUT2D eigenvalue weighted by Crippen LogP contribution is 2.13. The van der Waals surface area contributed by atoms with Gasteiger partial charge in [0, 0.05) is 11.8 Å². The summed E-state index contributed by atoms with van der Waals surface area (Å²) in [5.41, 5.74) is 16.2. The molecule has 2 heterocycles. The number of nitrogens with two attached hydrogens (primary N) is 3. The number of carbonyl (C=O) groups excluding carboxylic acids is 2. The van der Waals surface area contributed by atoms with E-state index in [4.69, 9.17) is 17.2 Å². The lowest BCUT2D eigenvalue weighted by atomic mass is 10.2. The summed E-state index contributed by atoms with van der Waals surface area (Å²) in [6.07, 6.45) is 2.78. The first-order valence-electron chi connectivity index (χ1n) is 4.90. The van der Waals surface area contributed by atoms with Crippen molar-refractivity contribution in [1.29, 1.82) is 0 Å². The quantitative estimate of drug-likeness (QED) is 0.639. The summed E-state index contributed by atoms with van der Waals surface area (Å²) >= 11 is 0. The zero-order valence-electron chi connectivity index (χ0n) is 9.20. The first-order valence-corrected chi connectivity index (χ1v) is 4.90. The van der Waals surface area contributed by atoms with Crippen LogP contribution >= 0.6 is 0 Å². The Morgan fingerprint density at radius 2 is 1.94 bits per heavy atom. The van der Waals surface area contributed by atoms with Crippen LogP contribution in [0.2, 0.25) is 0 Å². The van der Waals surface area contributed by atoms with E-state index in [0.717, 1.165) is 0 Å². The van der Waals surface area contributed by atoms with Crippen LogP contribution in [0.3, 0.4) is 0 Å². The minimum absolute atomic E-state index is 0.0544. The van der Waals surface area contributed by atoms with Crippen molar-refractivity contribution in [2.75, 3.05) is 5.73 Å². The molecule has 2 aromatic rings. The minimum Gasteiger partial charge on any atom is -0.396 e. The summed E-state index contributed by atoms with van der Waals surface area (Å²) in [4.78, 5) is 26.0. The molecular weight excluding hydrogens is 236 g/mol. The number of nitrogens with zero attached hydrogens (tertiary/aromatic N) is 3. The highest BCUT2D eigenvalue weighted by Gasteiger charge is 2.13. The Morgan fingerprint density at radius 3 is 2.50 bits per heavy atom. The first kappa shape index (κ1) is 11.6. The summed E-state index contributed by atoms with van der Waals surface area (Å²) in [6, 6.07) is 2.90. The number of anilines is 1. The summed E-state index contributed by atoms with van der Waals surface area (Å²) in [7, 11) is 0. The summed E-state index contributed by atoms with van der Waals surface area (Å²) in [5, 5.41) is 3.88. The number of rotatable bonds is 3. The Labute approximate surface area is 101 Å². The van der Waals surface area contributed by atoms with Crippen LogP contribution in [0.15, 0.2) is 24.5 Å². The molecule has 0 aliphatic heterocycles.